The summed E-state index contributed by atoms with van der Waals surface area (Å²) in [6, 6.07) is 3.61. The van der Waals surface area contributed by atoms with E-state index >= 15 is 0 Å². The maximum absolute atomic E-state index is 12.7. The minimum atomic E-state index is -4.50. The van der Waals surface area contributed by atoms with Gasteiger partial charge in [-0.3, -0.25) is 4.79 Å². The molecule has 7 heteroatoms. The summed E-state index contributed by atoms with van der Waals surface area (Å²) < 4.78 is 38.2. The van der Waals surface area contributed by atoms with E-state index in [0.717, 1.165) is 18.9 Å². The van der Waals surface area contributed by atoms with Crippen LogP contribution in [0.2, 0.25) is 5.02 Å². The number of carbonyl (C=O) groups excluding carboxylic acids is 1. The number of nitrogens with zero attached hydrogens (tertiary/aromatic N) is 1. The first-order valence-electron chi connectivity index (χ1n) is 7.10. The van der Waals surface area contributed by atoms with Crippen molar-refractivity contribution in [2.75, 3.05) is 25.5 Å². The van der Waals surface area contributed by atoms with Gasteiger partial charge in [-0.15, -0.1) is 0 Å². The average Bonchev–Trinajstić information content (AvgIpc) is 2.45. The van der Waals surface area contributed by atoms with E-state index in [1.807, 2.05) is 6.92 Å². The smallest absolute Gasteiger partial charge is 0.385 e. The maximum atomic E-state index is 12.7. The lowest BCUT2D eigenvalue weighted by Crippen LogP contribution is -2.29. The van der Waals surface area contributed by atoms with E-state index in [2.05, 4.69) is 5.32 Å². The minimum Gasteiger partial charge on any atom is -0.385 e. The summed E-state index contributed by atoms with van der Waals surface area (Å²) in [4.78, 5) is 13.4. The van der Waals surface area contributed by atoms with Crippen LogP contribution >= 0.6 is 11.6 Å². The van der Waals surface area contributed by atoms with Gasteiger partial charge < -0.3 is 10.2 Å². The molecule has 3 nitrogen and oxygen atoms in total. The minimum absolute atomic E-state index is 0.0361. The normalized spacial score (nSPS) is 11.4. The molecule has 0 aliphatic rings. The number of halogens is 4. The van der Waals surface area contributed by atoms with Gasteiger partial charge in [-0.2, -0.15) is 13.2 Å². The van der Waals surface area contributed by atoms with Crippen LogP contribution in [0, 0.1) is 0 Å². The number of hydrogen-bond acceptors (Lipinski definition) is 2. The zero-order valence-corrected chi connectivity index (χ0v) is 13.4. The van der Waals surface area contributed by atoms with Crippen molar-refractivity contribution in [1.82, 2.24) is 4.90 Å². The van der Waals surface area contributed by atoms with E-state index < -0.39 is 11.7 Å². The fraction of sp³-hybridized carbons (Fsp3) is 0.533. The molecule has 0 bridgehead atoms. The maximum Gasteiger partial charge on any atom is 0.417 e. The van der Waals surface area contributed by atoms with Crippen molar-refractivity contribution < 1.29 is 18.0 Å². The molecular weight excluding hydrogens is 317 g/mol. The van der Waals surface area contributed by atoms with Crippen LogP contribution in [-0.2, 0) is 11.0 Å². The number of hydrogen-bond donors (Lipinski definition) is 1. The molecule has 22 heavy (non-hydrogen) atoms. The van der Waals surface area contributed by atoms with Gasteiger partial charge in [0.15, 0.2) is 0 Å². The molecule has 0 fully saturated rings. The Hall–Kier alpha value is -1.43. The summed E-state index contributed by atoms with van der Waals surface area (Å²) in [6.07, 6.45) is -2.34. The van der Waals surface area contributed by atoms with Crippen molar-refractivity contribution in [2.24, 2.45) is 0 Å². The van der Waals surface area contributed by atoms with Gasteiger partial charge in [-0.1, -0.05) is 24.9 Å². The van der Waals surface area contributed by atoms with Crippen LogP contribution < -0.4 is 5.32 Å². The van der Waals surface area contributed by atoms with Crippen LogP contribution in [0.15, 0.2) is 18.2 Å². The zero-order valence-electron chi connectivity index (χ0n) is 12.6. The predicted octanol–water partition coefficient (Wildman–Crippen LogP) is 4.42. The number of rotatable bonds is 7. The molecule has 1 aromatic rings. The molecule has 0 unspecified atom stereocenters. The Labute approximate surface area is 133 Å². The second-order valence-corrected chi connectivity index (χ2v) is 5.45. The van der Waals surface area contributed by atoms with Gasteiger partial charge in [-0.25, -0.2) is 0 Å². The summed E-state index contributed by atoms with van der Waals surface area (Å²) in [5, 5.41) is 2.48. The van der Waals surface area contributed by atoms with E-state index in [0.29, 0.717) is 12.2 Å². The van der Waals surface area contributed by atoms with Gasteiger partial charge in [0.05, 0.1) is 10.6 Å². The van der Waals surface area contributed by atoms with Crippen molar-refractivity contribution in [3.63, 3.8) is 0 Å². The molecular formula is C15H20ClF3N2O. The molecule has 1 rings (SSSR count). The van der Waals surface area contributed by atoms with Gasteiger partial charge in [0.25, 0.3) is 0 Å². The summed E-state index contributed by atoms with van der Waals surface area (Å²) in [7, 11) is 1.72. The lowest BCUT2D eigenvalue weighted by molar-refractivity contribution is -0.137. The number of nitrogens with one attached hydrogen (secondary N) is 1. The Morgan fingerprint density at radius 1 is 1.36 bits per heavy atom. The Morgan fingerprint density at radius 3 is 2.64 bits per heavy atom. The van der Waals surface area contributed by atoms with Crippen LogP contribution in [0.4, 0.5) is 18.9 Å². The van der Waals surface area contributed by atoms with Crippen LogP contribution in [0.1, 0.15) is 31.7 Å². The third kappa shape index (κ3) is 5.75. The van der Waals surface area contributed by atoms with E-state index in [9.17, 15) is 18.0 Å². The van der Waals surface area contributed by atoms with Crippen molar-refractivity contribution >= 4 is 23.2 Å². The standard InChI is InChI=1S/C15H20ClF3N2O/c1-3-4-9-21(2)14(22)7-8-20-11-5-6-13(16)12(10-11)15(17,18)19/h5-6,10,20H,3-4,7-9H2,1-2H3. The van der Waals surface area contributed by atoms with E-state index in [-0.39, 0.29) is 23.9 Å². The van der Waals surface area contributed by atoms with Crippen molar-refractivity contribution in [3.8, 4) is 0 Å². The zero-order chi connectivity index (χ0) is 16.8. The highest BCUT2D eigenvalue weighted by Crippen LogP contribution is 2.36. The highest BCUT2D eigenvalue weighted by atomic mass is 35.5. The van der Waals surface area contributed by atoms with E-state index in [1.165, 1.54) is 12.1 Å². The van der Waals surface area contributed by atoms with Crippen LogP contribution in [0.3, 0.4) is 0 Å². The molecule has 1 N–H and O–H groups in total. The van der Waals surface area contributed by atoms with E-state index in [4.69, 9.17) is 11.6 Å². The van der Waals surface area contributed by atoms with Crippen molar-refractivity contribution in [3.05, 3.63) is 28.8 Å². The average molecular weight is 337 g/mol. The molecule has 1 aromatic carbocycles. The number of benzene rings is 1. The Kier molecular flexibility index (Phi) is 7.00. The topological polar surface area (TPSA) is 32.3 Å². The predicted molar refractivity (Wildman–Crippen MR) is 82.1 cm³/mol. The Bertz CT molecular complexity index is 506. The monoisotopic (exact) mass is 336 g/mol. The first-order chi connectivity index (χ1) is 10.3. The largest absolute Gasteiger partial charge is 0.417 e. The number of amides is 1. The first-order valence-corrected chi connectivity index (χ1v) is 7.48. The van der Waals surface area contributed by atoms with Gasteiger partial charge in [0.2, 0.25) is 5.91 Å². The molecule has 0 atom stereocenters. The molecule has 0 aliphatic carbocycles. The molecule has 0 aliphatic heterocycles. The lowest BCUT2D eigenvalue weighted by atomic mass is 10.2. The number of alkyl halides is 3. The Balaban J connectivity index is 2.54. The fourth-order valence-electron chi connectivity index (χ4n) is 1.88. The van der Waals surface area contributed by atoms with Crippen LogP contribution in [0.5, 0.6) is 0 Å². The second-order valence-electron chi connectivity index (χ2n) is 5.04. The highest BCUT2D eigenvalue weighted by molar-refractivity contribution is 6.31. The van der Waals surface area contributed by atoms with Gasteiger partial charge >= 0.3 is 6.18 Å². The fourth-order valence-corrected chi connectivity index (χ4v) is 2.10. The van der Waals surface area contributed by atoms with Gasteiger partial charge in [0.1, 0.15) is 0 Å². The van der Waals surface area contributed by atoms with Crippen LogP contribution in [0.25, 0.3) is 0 Å². The third-order valence-electron chi connectivity index (χ3n) is 3.21. The number of unbranched alkanes of at least 4 members (excludes halogenated alkanes) is 1. The van der Waals surface area contributed by atoms with Crippen LogP contribution in [-0.4, -0.2) is 30.9 Å². The van der Waals surface area contributed by atoms with Gasteiger partial charge in [0, 0.05) is 32.2 Å². The van der Waals surface area contributed by atoms with Crippen molar-refractivity contribution in [1.29, 1.82) is 0 Å². The van der Waals surface area contributed by atoms with E-state index in [1.54, 1.807) is 11.9 Å². The summed E-state index contributed by atoms with van der Waals surface area (Å²) >= 11 is 5.55. The molecule has 0 radical (unpaired) electrons. The molecule has 0 saturated heterocycles. The number of anilines is 1. The summed E-state index contributed by atoms with van der Waals surface area (Å²) in [6.45, 7) is 3.00. The second kappa shape index (κ2) is 8.27. The quantitative estimate of drug-likeness (QED) is 0.799. The molecule has 0 saturated carbocycles. The molecule has 0 heterocycles. The molecule has 0 spiro atoms. The Morgan fingerprint density at radius 2 is 2.05 bits per heavy atom. The van der Waals surface area contributed by atoms with Gasteiger partial charge in [-0.05, 0) is 24.6 Å². The molecule has 124 valence electrons. The summed E-state index contributed by atoms with van der Waals surface area (Å²) in [5.41, 5.74) is -0.591. The SMILES string of the molecule is CCCCN(C)C(=O)CCNc1ccc(Cl)c(C(F)(F)F)c1. The molecule has 0 aromatic heterocycles. The number of carbonyl (C=O) groups is 1. The summed E-state index contributed by atoms with van der Waals surface area (Å²) in [5.74, 6) is -0.0361. The lowest BCUT2D eigenvalue weighted by Gasteiger charge is -2.17. The molecule has 1 amide bonds. The third-order valence-corrected chi connectivity index (χ3v) is 3.54. The highest BCUT2D eigenvalue weighted by Gasteiger charge is 2.33. The first kappa shape index (κ1) is 18.6. The van der Waals surface area contributed by atoms with Crippen molar-refractivity contribution in [2.45, 2.75) is 32.4 Å².